The molecule has 14 nitrogen and oxygen atoms in total. The van der Waals surface area contributed by atoms with Crippen LogP contribution in [-0.4, -0.2) is 62.3 Å². The van der Waals surface area contributed by atoms with E-state index in [0.29, 0.717) is 5.39 Å². The standard InChI is InChI=1S/C30H37BrClN4O10P/c1-16(2)24(33)27(39)45-25-22(44-28(30(25,31)32)36-14-13-23(37)34-29(36)40)15-42-47(41,35-18(5)26(38)43-17(3)4)46-21-12-8-10-19-9-6-7-11-20(19)21/h6-14,16-18,22,24-25,28H,15,33H2,1-5H3,(H,35,41)(H,34,37,40)/t18-,22+,24-,25+,28+,30-,47?/m0/s1. The third-order valence-electron chi connectivity index (χ3n) is 7.12. The molecule has 256 valence electrons. The lowest BCUT2D eigenvalue weighted by Crippen LogP contribution is -2.47. The summed E-state index contributed by atoms with van der Waals surface area (Å²) in [5.41, 5.74) is 4.51. The lowest BCUT2D eigenvalue weighted by atomic mass is 10.1. The summed E-state index contributed by atoms with van der Waals surface area (Å²) >= 11 is 10.2. The van der Waals surface area contributed by atoms with Crippen LogP contribution in [0, 0.1) is 5.92 Å². The van der Waals surface area contributed by atoms with Gasteiger partial charge in [0.15, 0.2) is 16.1 Å². The van der Waals surface area contributed by atoms with Crippen LogP contribution >= 0.6 is 35.3 Å². The van der Waals surface area contributed by atoms with Crippen molar-refractivity contribution < 1.29 is 37.4 Å². The molecule has 4 rings (SSSR count). The second kappa shape index (κ2) is 15.0. The first-order valence-electron chi connectivity index (χ1n) is 14.7. The van der Waals surface area contributed by atoms with E-state index in [0.717, 1.165) is 22.2 Å². The van der Waals surface area contributed by atoms with Crippen LogP contribution in [0.4, 0.5) is 0 Å². The highest BCUT2D eigenvalue weighted by Gasteiger charge is 2.59. The largest absolute Gasteiger partial charge is 0.462 e. The minimum Gasteiger partial charge on any atom is -0.462 e. The zero-order valence-corrected chi connectivity index (χ0v) is 29.5. The molecule has 1 unspecified atom stereocenters. The molecule has 2 aromatic carbocycles. The summed E-state index contributed by atoms with van der Waals surface area (Å²) in [5.74, 6) is -1.65. The fourth-order valence-corrected chi connectivity index (χ4v) is 7.21. The van der Waals surface area contributed by atoms with Crippen molar-refractivity contribution in [1.82, 2.24) is 14.6 Å². The predicted octanol–water partition coefficient (Wildman–Crippen LogP) is 3.95. The van der Waals surface area contributed by atoms with Crippen LogP contribution in [0.2, 0.25) is 0 Å². The molecule has 7 atom stereocenters. The number of nitrogens with zero attached hydrogens (tertiary/aromatic N) is 1. The Balaban J connectivity index is 1.69. The second-order valence-corrected chi connectivity index (χ2v) is 15.6. The molecule has 1 aliphatic rings. The quantitative estimate of drug-likeness (QED) is 0.130. The number of carbonyl (C=O) groups excluding carboxylic acids is 2. The van der Waals surface area contributed by atoms with Crippen molar-refractivity contribution in [2.24, 2.45) is 11.7 Å². The highest BCUT2D eigenvalue weighted by atomic mass is 79.9. The van der Waals surface area contributed by atoms with Gasteiger partial charge in [0.1, 0.15) is 23.9 Å². The molecule has 0 bridgehead atoms. The number of aromatic nitrogens is 2. The molecular formula is C30H37BrClN4O10P. The van der Waals surface area contributed by atoms with Crippen molar-refractivity contribution in [2.45, 2.75) is 75.0 Å². The Morgan fingerprint density at radius 1 is 1.11 bits per heavy atom. The average Bonchev–Trinajstić information content (AvgIpc) is 3.24. The summed E-state index contributed by atoms with van der Waals surface area (Å²) in [5, 5.41) is 4.02. The van der Waals surface area contributed by atoms with Gasteiger partial charge >= 0.3 is 25.4 Å². The predicted molar refractivity (Wildman–Crippen MR) is 177 cm³/mol. The summed E-state index contributed by atoms with van der Waals surface area (Å²) in [6, 6.07) is 11.2. The number of aromatic amines is 1. The van der Waals surface area contributed by atoms with Gasteiger partial charge in [0.2, 0.25) is 0 Å². The molecular weight excluding hydrogens is 723 g/mol. The maximum Gasteiger partial charge on any atom is 0.459 e. The van der Waals surface area contributed by atoms with Gasteiger partial charge in [-0.25, -0.2) is 9.36 Å². The van der Waals surface area contributed by atoms with Crippen molar-refractivity contribution in [2.75, 3.05) is 6.61 Å². The lowest BCUT2D eigenvalue weighted by molar-refractivity contribution is -0.155. The Morgan fingerprint density at radius 3 is 2.45 bits per heavy atom. The molecule has 4 N–H and O–H groups in total. The van der Waals surface area contributed by atoms with E-state index in [1.54, 1.807) is 52.0 Å². The van der Waals surface area contributed by atoms with Gasteiger partial charge in [0.25, 0.3) is 5.56 Å². The van der Waals surface area contributed by atoms with E-state index in [9.17, 15) is 23.7 Å². The number of halogens is 2. The third-order valence-corrected chi connectivity index (χ3v) is 10.00. The maximum atomic E-state index is 14.4. The number of ether oxygens (including phenoxy) is 3. The first kappa shape index (κ1) is 36.8. The Hall–Kier alpha value is -3.04. The van der Waals surface area contributed by atoms with Crippen LogP contribution in [0.1, 0.15) is 40.8 Å². The number of fused-ring (bicyclic) bond motifs is 1. The average molecular weight is 760 g/mol. The van der Waals surface area contributed by atoms with Crippen LogP contribution in [-0.2, 0) is 32.9 Å². The molecule has 3 aromatic rings. The van der Waals surface area contributed by atoms with Crippen LogP contribution < -0.4 is 26.6 Å². The molecule has 2 heterocycles. The summed E-state index contributed by atoms with van der Waals surface area (Å²) < 4.78 is 42.5. The van der Waals surface area contributed by atoms with Gasteiger partial charge in [-0.3, -0.25) is 28.5 Å². The summed E-state index contributed by atoms with van der Waals surface area (Å²) in [6.45, 7) is 7.61. The number of nitrogens with two attached hydrogens (primary N) is 1. The highest BCUT2D eigenvalue weighted by Crippen LogP contribution is 2.52. The molecule has 1 fully saturated rings. The number of carbonyl (C=O) groups is 2. The smallest absolute Gasteiger partial charge is 0.459 e. The molecule has 0 radical (unpaired) electrons. The minimum absolute atomic E-state index is 0.187. The van der Waals surface area contributed by atoms with E-state index in [1.807, 2.05) is 18.2 Å². The normalized spacial score (nSPS) is 23.7. The number of alkyl halides is 2. The minimum atomic E-state index is -4.47. The van der Waals surface area contributed by atoms with E-state index in [-0.39, 0.29) is 11.7 Å². The van der Waals surface area contributed by atoms with Gasteiger partial charge in [-0.1, -0.05) is 77.8 Å². The van der Waals surface area contributed by atoms with Gasteiger partial charge < -0.3 is 24.5 Å². The van der Waals surface area contributed by atoms with Crippen LogP contribution in [0.5, 0.6) is 5.75 Å². The van der Waals surface area contributed by atoms with Crippen LogP contribution in [0.3, 0.4) is 0 Å². The van der Waals surface area contributed by atoms with Crippen molar-refractivity contribution >= 4 is 58.0 Å². The van der Waals surface area contributed by atoms with Gasteiger partial charge in [-0.05, 0) is 38.1 Å². The van der Waals surface area contributed by atoms with Crippen LogP contribution in [0.15, 0.2) is 64.3 Å². The summed E-state index contributed by atoms with van der Waals surface area (Å²) in [7, 11) is -4.47. The zero-order chi connectivity index (χ0) is 34.7. The third kappa shape index (κ3) is 8.71. The Morgan fingerprint density at radius 2 is 1.79 bits per heavy atom. The van der Waals surface area contributed by atoms with Gasteiger partial charge in [-0.15, -0.1) is 0 Å². The maximum absolute atomic E-state index is 14.4. The number of hydrogen-bond donors (Lipinski definition) is 3. The monoisotopic (exact) mass is 758 g/mol. The van der Waals surface area contributed by atoms with Crippen molar-refractivity contribution in [3.8, 4) is 5.75 Å². The molecule has 1 saturated heterocycles. The number of H-pyrrole nitrogens is 1. The Kier molecular flexibility index (Phi) is 11.8. The lowest BCUT2D eigenvalue weighted by Gasteiger charge is -2.29. The van der Waals surface area contributed by atoms with E-state index in [2.05, 4.69) is 26.0 Å². The fourth-order valence-electron chi connectivity index (χ4n) is 4.63. The molecule has 0 aliphatic carbocycles. The van der Waals surface area contributed by atoms with Crippen molar-refractivity contribution in [3.05, 3.63) is 75.6 Å². The first-order valence-corrected chi connectivity index (χ1v) is 17.4. The molecule has 0 amide bonds. The van der Waals surface area contributed by atoms with Crippen molar-refractivity contribution in [3.63, 3.8) is 0 Å². The van der Waals surface area contributed by atoms with Gasteiger partial charge in [-0.2, -0.15) is 5.09 Å². The van der Waals surface area contributed by atoms with E-state index >= 15 is 0 Å². The Labute approximate surface area is 283 Å². The second-order valence-electron chi connectivity index (χ2n) is 11.5. The molecule has 0 saturated carbocycles. The Bertz CT molecular complexity index is 1760. The highest BCUT2D eigenvalue weighted by molar-refractivity contribution is 9.10. The zero-order valence-electron chi connectivity index (χ0n) is 26.3. The molecule has 0 spiro atoms. The number of esters is 2. The van der Waals surface area contributed by atoms with Crippen LogP contribution in [0.25, 0.3) is 10.8 Å². The number of hydrogen-bond acceptors (Lipinski definition) is 11. The number of nitrogens with one attached hydrogen (secondary N) is 2. The summed E-state index contributed by atoms with van der Waals surface area (Å²) in [6.07, 6.45) is -3.34. The van der Waals surface area contributed by atoms with Gasteiger partial charge in [0, 0.05) is 17.6 Å². The number of benzene rings is 2. The first-order chi connectivity index (χ1) is 22.0. The molecule has 47 heavy (non-hydrogen) atoms. The molecule has 17 heteroatoms. The topological polar surface area (TPSA) is 190 Å². The van der Waals surface area contributed by atoms with E-state index in [1.165, 1.54) is 6.92 Å². The van der Waals surface area contributed by atoms with E-state index in [4.69, 9.17) is 40.6 Å². The SMILES string of the molecule is CC(C)OC(=O)[C@H](C)NP(=O)(OC[C@H]1O[C@@H](n2ccc(=O)[nH]c2=O)[C@](Cl)(Br)[C@@H]1OC(=O)[C@@H](N)C(C)C)Oc1cccc2ccccc12. The molecule has 1 aliphatic heterocycles. The number of rotatable bonds is 13. The van der Waals surface area contributed by atoms with E-state index < -0.39 is 77.9 Å². The molecule has 1 aromatic heterocycles. The van der Waals surface area contributed by atoms with Gasteiger partial charge in [0.05, 0.1) is 12.7 Å². The van der Waals surface area contributed by atoms with Crippen molar-refractivity contribution in [1.29, 1.82) is 0 Å². The summed E-state index contributed by atoms with van der Waals surface area (Å²) in [4.78, 5) is 52.3. The fraction of sp³-hybridized carbons (Fsp3) is 0.467.